The standard InChI is InChI=1S/C32H30ClF2N7O2S/c1-4-22(43)41-13-16(14-41)42-11-9-18-25-28(38-32(39-31(25)42)44-15(2)21-6-5-10-40(21)3)27(35)24(26(18)33)17-7-8-20(34)29-23(17)19(12-36)30(37)45-29/h4,7-8,15-16,21H,1,5-6,9-11,13-14,37H2,2-3H3/t15-,21-/m0/s1. The van der Waals surface area contributed by atoms with Crippen LogP contribution in [0, 0.1) is 23.0 Å². The minimum Gasteiger partial charge on any atom is -0.459 e. The molecule has 13 heteroatoms. The van der Waals surface area contributed by atoms with Gasteiger partial charge in [0.05, 0.1) is 26.7 Å². The number of hydrogen-bond donors (Lipinski definition) is 1. The van der Waals surface area contributed by atoms with Gasteiger partial charge in [0, 0.05) is 36.6 Å². The molecule has 7 rings (SSSR count). The van der Waals surface area contributed by atoms with Crippen LogP contribution in [-0.4, -0.2) is 77.1 Å². The SMILES string of the molecule is C=CC(=O)N1CC(N2CCc3c(Cl)c(-c4ccc(F)c5sc(N)c(C#N)c45)c(F)c4nc(O[C@@H](C)[C@@H]5CCCN5C)nc2c34)C1. The molecule has 232 valence electrons. The number of thiophene rings is 1. The van der Waals surface area contributed by atoms with Gasteiger partial charge < -0.3 is 20.3 Å². The Bertz CT molecular complexity index is 1950. The zero-order valence-corrected chi connectivity index (χ0v) is 26.3. The molecule has 3 aliphatic rings. The average molecular weight is 650 g/mol. The molecule has 2 fully saturated rings. The first-order valence-electron chi connectivity index (χ1n) is 14.8. The Kier molecular flexibility index (Phi) is 7.30. The van der Waals surface area contributed by atoms with E-state index in [2.05, 4.69) is 27.4 Å². The Morgan fingerprint density at radius 2 is 2.07 bits per heavy atom. The van der Waals surface area contributed by atoms with E-state index in [1.165, 1.54) is 18.2 Å². The number of ether oxygens (including phenoxy) is 1. The van der Waals surface area contributed by atoms with Crippen LogP contribution in [0.25, 0.3) is 32.1 Å². The number of nitriles is 1. The maximum absolute atomic E-state index is 17.0. The maximum Gasteiger partial charge on any atom is 0.319 e. The second-order valence-corrected chi connectivity index (χ2v) is 13.3. The molecular weight excluding hydrogens is 620 g/mol. The average Bonchev–Trinajstić information content (AvgIpc) is 3.59. The van der Waals surface area contributed by atoms with Crippen molar-refractivity contribution >= 4 is 60.7 Å². The van der Waals surface area contributed by atoms with Gasteiger partial charge in [-0.15, -0.1) is 11.3 Å². The summed E-state index contributed by atoms with van der Waals surface area (Å²) in [6.45, 7) is 7.97. The lowest BCUT2D eigenvalue weighted by molar-refractivity contribution is -0.130. The van der Waals surface area contributed by atoms with E-state index in [1.807, 2.05) is 14.0 Å². The van der Waals surface area contributed by atoms with Gasteiger partial charge in [0.1, 0.15) is 34.3 Å². The van der Waals surface area contributed by atoms with Gasteiger partial charge in [-0.1, -0.05) is 24.2 Å². The number of rotatable bonds is 6. The minimum atomic E-state index is -0.724. The topological polar surface area (TPSA) is 112 Å². The summed E-state index contributed by atoms with van der Waals surface area (Å²) >= 11 is 7.98. The Balaban J connectivity index is 1.43. The van der Waals surface area contributed by atoms with E-state index in [1.54, 1.807) is 4.90 Å². The van der Waals surface area contributed by atoms with Gasteiger partial charge in [0.2, 0.25) is 5.91 Å². The fraction of sp³-hybridized carbons (Fsp3) is 0.375. The van der Waals surface area contributed by atoms with E-state index in [0.717, 1.165) is 30.7 Å². The summed E-state index contributed by atoms with van der Waals surface area (Å²) in [6.07, 6.45) is 3.50. The number of nitrogens with two attached hydrogens (primary N) is 1. The van der Waals surface area contributed by atoms with Crippen molar-refractivity contribution in [3.8, 4) is 23.2 Å². The fourth-order valence-electron chi connectivity index (χ4n) is 7.01. The van der Waals surface area contributed by atoms with Gasteiger partial charge in [-0.3, -0.25) is 9.69 Å². The van der Waals surface area contributed by atoms with Crippen LogP contribution in [0.2, 0.25) is 5.02 Å². The van der Waals surface area contributed by atoms with Crippen molar-refractivity contribution in [2.24, 2.45) is 0 Å². The van der Waals surface area contributed by atoms with Crippen LogP contribution in [-0.2, 0) is 11.2 Å². The highest BCUT2D eigenvalue weighted by Gasteiger charge is 2.39. The molecule has 2 aromatic carbocycles. The van der Waals surface area contributed by atoms with E-state index in [9.17, 15) is 14.4 Å². The highest BCUT2D eigenvalue weighted by Crippen LogP contribution is 2.49. The molecule has 0 bridgehead atoms. The van der Waals surface area contributed by atoms with Crippen molar-refractivity contribution < 1.29 is 18.3 Å². The van der Waals surface area contributed by atoms with Crippen LogP contribution in [0.15, 0.2) is 24.8 Å². The number of likely N-dealkylation sites (tertiary alicyclic amines) is 2. The summed E-state index contributed by atoms with van der Waals surface area (Å²) < 4.78 is 38.4. The first-order valence-corrected chi connectivity index (χ1v) is 16.0. The van der Waals surface area contributed by atoms with Gasteiger partial charge in [-0.25, -0.2) is 8.78 Å². The van der Waals surface area contributed by atoms with Crippen LogP contribution in [0.4, 0.5) is 19.6 Å². The molecule has 2 aromatic heterocycles. The zero-order valence-electron chi connectivity index (χ0n) is 24.7. The number of carbonyl (C=O) groups excluding carboxylic acids is 1. The largest absolute Gasteiger partial charge is 0.459 e. The first-order chi connectivity index (χ1) is 21.6. The number of aromatic nitrogens is 2. The lowest BCUT2D eigenvalue weighted by Crippen LogP contribution is -2.62. The van der Waals surface area contributed by atoms with Crippen molar-refractivity contribution in [3.63, 3.8) is 0 Å². The third kappa shape index (κ3) is 4.59. The summed E-state index contributed by atoms with van der Waals surface area (Å²) in [4.78, 5) is 27.6. The summed E-state index contributed by atoms with van der Waals surface area (Å²) in [5.41, 5.74) is 7.13. The molecule has 45 heavy (non-hydrogen) atoms. The van der Waals surface area contributed by atoms with Crippen molar-refractivity contribution in [1.29, 1.82) is 5.26 Å². The molecule has 0 saturated carbocycles. The van der Waals surface area contributed by atoms with Crippen LogP contribution in [0.1, 0.15) is 30.9 Å². The fourth-order valence-corrected chi connectivity index (χ4v) is 8.33. The van der Waals surface area contributed by atoms with Crippen LogP contribution >= 0.6 is 22.9 Å². The third-order valence-corrected chi connectivity index (χ3v) is 10.8. The second-order valence-electron chi connectivity index (χ2n) is 11.8. The summed E-state index contributed by atoms with van der Waals surface area (Å²) in [6, 6.07) is 4.86. The van der Waals surface area contributed by atoms with Gasteiger partial charge >= 0.3 is 6.01 Å². The van der Waals surface area contributed by atoms with Gasteiger partial charge in [0.15, 0.2) is 5.82 Å². The molecule has 3 aliphatic heterocycles. The Labute approximate surface area is 267 Å². The Morgan fingerprint density at radius 1 is 1.29 bits per heavy atom. The van der Waals surface area contributed by atoms with E-state index in [4.69, 9.17) is 27.1 Å². The molecule has 2 atom stereocenters. The normalized spacial score (nSPS) is 19.2. The van der Waals surface area contributed by atoms with Gasteiger partial charge in [-0.05, 0) is 63.0 Å². The number of likely N-dealkylation sites (N-methyl/N-ethyl adjacent to an activating group) is 1. The molecule has 1 amide bonds. The van der Waals surface area contributed by atoms with Gasteiger partial charge in [0.25, 0.3) is 0 Å². The lowest BCUT2D eigenvalue weighted by Gasteiger charge is -2.47. The van der Waals surface area contributed by atoms with Crippen LogP contribution in [0.3, 0.4) is 0 Å². The maximum atomic E-state index is 17.0. The van der Waals surface area contributed by atoms with E-state index >= 15 is 4.39 Å². The summed E-state index contributed by atoms with van der Waals surface area (Å²) in [7, 11) is 2.05. The molecule has 0 aliphatic carbocycles. The molecule has 0 radical (unpaired) electrons. The number of anilines is 2. The first kappa shape index (κ1) is 29.6. The second kappa shape index (κ2) is 11.1. The Hall–Kier alpha value is -4.05. The molecule has 0 spiro atoms. The predicted octanol–water partition coefficient (Wildman–Crippen LogP) is 5.52. The van der Waals surface area contributed by atoms with E-state index in [0.29, 0.717) is 42.8 Å². The van der Waals surface area contributed by atoms with Crippen molar-refractivity contribution in [1.82, 2.24) is 19.8 Å². The molecule has 5 heterocycles. The monoisotopic (exact) mass is 649 g/mol. The predicted molar refractivity (Wildman–Crippen MR) is 172 cm³/mol. The number of halogens is 3. The highest BCUT2D eigenvalue weighted by atomic mass is 35.5. The number of nitrogen functional groups attached to an aromatic ring is 1. The quantitative estimate of drug-likeness (QED) is 0.272. The van der Waals surface area contributed by atoms with Crippen molar-refractivity contribution in [2.75, 3.05) is 43.9 Å². The lowest BCUT2D eigenvalue weighted by atomic mass is 9.91. The number of benzene rings is 2. The Morgan fingerprint density at radius 3 is 2.76 bits per heavy atom. The number of amides is 1. The summed E-state index contributed by atoms with van der Waals surface area (Å²) in [5.74, 6) is -0.937. The minimum absolute atomic E-state index is 0.0255. The molecule has 2 N–H and O–H groups in total. The molecule has 2 saturated heterocycles. The number of fused-ring (bicyclic) bond motifs is 1. The molecule has 0 unspecified atom stereocenters. The zero-order chi connectivity index (χ0) is 31.7. The van der Waals surface area contributed by atoms with Crippen LogP contribution < -0.4 is 15.4 Å². The molecule has 9 nitrogen and oxygen atoms in total. The van der Waals surface area contributed by atoms with Crippen LogP contribution in [0.5, 0.6) is 6.01 Å². The number of carbonyl (C=O) groups is 1. The van der Waals surface area contributed by atoms with Gasteiger partial charge in [-0.2, -0.15) is 15.2 Å². The highest BCUT2D eigenvalue weighted by molar-refractivity contribution is 7.23. The van der Waals surface area contributed by atoms with Crippen molar-refractivity contribution in [2.45, 2.75) is 44.4 Å². The molecular formula is C32H30ClF2N7O2S. The third-order valence-electron chi connectivity index (χ3n) is 9.36. The molecule has 4 aromatic rings. The van der Waals surface area contributed by atoms with Crippen molar-refractivity contribution in [3.05, 3.63) is 52.6 Å². The number of nitrogens with zero attached hydrogens (tertiary/aromatic N) is 6. The van der Waals surface area contributed by atoms with E-state index < -0.39 is 11.6 Å². The number of hydrogen-bond acceptors (Lipinski definition) is 9. The summed E-state index contributed by atoms with van der Waals surface area (Å²) in [5, 5.41) is 10.9. The van der Waals surface area contributed by atoms with E-state index in [-0.39, 0.29) is 72.4 Å². The smallest absolute Gasteiger partial charge is 0.319 e.